The lowest BCUT2D eigenvalue weighted by Crippen LogP contribution is -2.46. The Morgan fingerprint density at radius 2 is 1.42 bits per heavy atom. The Kier molecular flexibility index (Phi) is 6.89. The molecule has 7 aromatic rings. The summed E-state index contributed by atoms with van der Waals surface area (Å²) in [5, 5.41) is 16.1. The Labute approximate surface area is 324 Å². The van der Waals surface area contributed by atoms with Gasteiger partial charge < -0.3 is 9.64 Å². The number of hydrogen-bond acceptors (Lipinski definition) is 8. The molecule has 0 atom stereocenters. The summed E-state index contributed by atoms with van der Waals surface area (Å²) >= 11 is 3.40. The molecule has 9 nitrogen and oxygen atoms in total. The number of nitrogens with zero attached hydrogens (tertiary/aromatic N) is 3. The molecule has 10 rings (SSSR count). The molecule has 2 aromatic heterocycles. The maximum absolute atomic E-state index is 13.2. The molecule has 5 heterocycles. The number of nitro benzene ring substituents is 1. The van der Waals surface area contributed by atoms with E-state index in [-0.39, 0.29) is 22.3 Å². The summed E-state index contributed by atoms with van der Waals surface area (Å²) in [6, 6.07) is 28.2. The van der Waals surface area contributed by atoms with Crippen molar-refractivity contribution >= 4 is 69.9 Å². The summed E-state index contributed by atoms with van der Waals surface area (Å²) in [5.74, 6) is 0.947. The molecule has 0 unspecified atom stereocenters. The highest BCUT2D eigenvalue weighted by molar-refractivity contribution is 7.86. The van der Waals surface area contributed by atoms with E-state index in [2.05, 4.69) is 75.5 Å². The number of ether oxygens (including phenoxy) is 1. The Morgan fingerprint density at radius 3 is 2.07 bits per heavy atom. The van der Waals surface area contributed by atoms with E-state index in [9.17, 15) is 23.1 Å². The van der Waals surface area contributed by atoms with Gasteiger partial charge >= 0.3 is 0 Å². The number of hydrogen-bond donors (Lipinski definition) is 1. The monoisotopic (exact) mass is 784 g/mol. The second-order valence-corrected chi connectivity index (χ2v) is 19.0. The van der Waals surface area contributed by atoms with E-state index in [1.807, 2.05) is 48.5 Å². The van der Waals surface area contributed by atoms with Crippen LogP contribution in [0.2, 0.25) is 0 Å². The van der Waals surface area contributed by atoms with Crippen molar-refractivity contribution in [1.82, 2.24) is 4.58 Å². The molecule has 12 heteroatoms. The molecule has 0 aliphatic carbocycles. The Balaban J connectivity index is 1.38. The summed E-state index contributed by atoms with van der Waals surface area (Å²) < 4.78 is 48.4. The second kappa shape index (κ2) is 11.1. The van der Waals surface area contributed by atoms with Crippen LogP contribution in [0.5, 0.6) is 11.5 Å². The number of anilines is 1. The molecular weight excluding hydrogens is 751 g/mol. The minimum absolute atomic E-state index is 0.0181. The van der Waals surface area contributed by atoms with E-state index in [1.165, 1.54) is 28.0 Å². The van der Waals surface area contributed by atoms with Gasteiger partial charge in [0.2, 0.25) is 5.36 Å². The summed E-state index contributed by atoms with van der Waals surface area (Å²) in [6.45, 7) is 8.81. The van der Waals surface area contributed by atoms with E-state index in [0.29, 0.717) is 27.9 Å². The molecule has 3 aliphatic heterocycles. The van der Waals surface area contributed by atoms with Crippen molar-refractivity contribution in [2.45, 2.75) is 43.7 Å². The molecule has 274 valence electrons. The summed E-state index contributed by atoms with van der Waals surface area (Å²) in [6.07, 6.45) is 0. The van der Waals surface area contributed by atoms with Crippen molar-refractivity contribution in [3.05, 3.63) is 134 Å². The van der Waals surface area contributed by atoms with Crippen molar-refractivity contribution in [3.8, 4) is 32.4 Å². The summed E-state index contributed by atoms with van der Waals surface area (Å²) in [7, 11) is -0.713. The van der Waals surface area contributed by atoms with Gasteiger partial charge in [-0.25, -0.2) is 4.58 Å². The van der Waals surface area contributed by atoms with Gasteiger partial charge in [-0.15, -0.1) is 22.7 Å². The topological polar surface area (TPSA) is 113 Å². The first-order chi connectivity index (χ1) is 26.1. The third kappa shape index (κ3) is 4.59. The van der Waals surface area contributed by atoms with E-state index in [4.69, 9.17) is 4.74 Å². The number of benzene rings is 5. The van der Waals surface area contributed by atoms with E-state index in [1.54, 1.807) is 22.7 Å². The fourth-order valence-corrected chi connectivity index (χ4v) is 12.3. The van der Waals surface area contributed by atoms with Crippen molar-refractivity contribution in [2.24, 2.45) is 0 Å². The van der Waals surface area contributed by atoms with Crippen LogP contribution in [0.1, 0.15) is 49.9 Å². The first kappa shape index (κ1) is 34.1. The van der Waals surface area contributed by atoms with Gasteiger partial charge in [0.15, 0.2) is 5.54 Å². The van der Waals surface area contributed by atoms with Crippen molar-refractivity contribution < 1.29 is 22.6 Å². The Hall–Kier alpha value is -5.40. The number of non-ortho nitro benzene ring substituents is 1. The van der Waals surface area contributed by atoms with Gasteiger partial charge in [0.1, 0.15) is 23.4 Å². The zero-order chi connectivity index (χ0) is 38.5. The van der Waals surface area contributed by atoms with E-state index in [0.717, 1.165) is 53.5 Å². The van der Waals surface area contributed by atoms with Crippen molar-refractivity contribution in [2.75, 3.05) is 19.0 Å². The normalized spacial score (nSPS) is 16.2. The zero-order valence-corrected chi connectivity index (χ0v) is 33.2. The minimum Gasteiger partial charge on any atom is -0.456 e. The zero-order valence-electron chi connectivity index (χ0n) is 30.7. The summed E-state index contributed by atoms with van der Waals surface area (Å²) in [5.41, 5.74) is 5.11. The van der Waals surface area contributed by atoms with Gasteiger partial charge in [-0.05, 0) is 49.6 Å². The molecule has 0 radical (unpaired) electrons. The first-order valence-corrected chi connectivity index (χ1v) is 20.8. The molecule has 0 saturated heterocycles. The van der Waals surface area contributed by atoms with Crippen LogP contribution in [-0.4, -0.2) is 32.0 Å². The quantitative estimate of drug-likeness (QED) is 0.0824. The van der Waals surface area contributed by atoms with Gasteiger partial charge in [0.05, 0.1) is 27.0 Å². The highest BCUT2D eigenvalue weighted by atomic mass is 32.2. The van der Waals surface area contributed by atoms with Gasteiger partial charge in [-0.2, -0.15) is 8.42 Å². The minimum atomic E-state index is -4.84. The fraction of sp³-hybridized carbons (Fsp3) is 0.186. The van der Waals surface area contributed by atoms with Gasteiger partial charge in [-0.1, -0.05) is 36.4 Å². The van der Waals surface area contributed by atoms with Gasteiger partial charge in [0.25, 0.3) is 15.8 Å². The van der Waals surface area contributed by atoms with E-state index < -0.39 is 19.9 Å². The third-order valence-electron chi connectivity index (χ3n) is 12.0. The lowest BCUT2D eigenvalue weighted by molar-refractivity contribution is -0.384. The maximum atomic E-state index is 13.2. The maximum Gasteiger partial charge on any atom is 0.295 e. The molecular formula is C43H34N3O6S3+. The van der Waals surface area contributed by atoms with Crippen LogP contribution in [0.4, 0.5) is 11.4 Å². The van der Waals surface area contributed by atoms with Gasteiger partial charge in [0, 0.05) is 103 Å². The molecule has 1 N–H and O–H groups in total. The number of rotatable bonds is 3. The van der Waals surface area contributed by atoms with E-state index >= 15 is 0 Å². The second-order valence-electron chi connectivity index (χ2n) is 15.5. The average Bonchev–Trinajstić information content (AvgIpc) is 3.74. The molecule has 0 saturated carbocycles. The fourth-order valence-electron chi connectivity index (χ4n) is 8.84. The highest BCUT2D eigenvalue weighted by Gasteiger charge is 2.43. The van der Waals surface area contributed by atoms with Crippen LogP contribution in [0, 0.1) is 10.1 Å². The summed E-state index contributed by atoms with van der Waals surface area (Å²) in [4.78, 5) is 15.7. The SMILES string of the molecule is CN1c2cc3c(cc2-c2sc4ccccc4c2C1(C)C)C(c1cc([N+](=O)[O-])ccc1S(=O)(=O)O)=c1cc2c(cc1O3)=[N+](C)C(C)(C)c1c-2sc2ccccc12. The Morgan fingerprint density at radius 1 is 0.782 bits per heavy atom. The predicted molar refractivity (Wildman–Crippen MR) is 220 cm³/mol. The predicted octanol–water partition coefficient (Wildman–Crippen LogP) is 9.01. The van der Waals surface area contributed by atoms with Crippen LogP contribution >= 0.6 is 22.7 Å². The van der Waals surface area contributed by atoms with Crippen LogP contribution in [0.25, 0.3) is 46.6 Å². The van der Waals surface area contributed by atoms with Crippen LogP contribution in [0.15, 0.2) is 95.9 Å². The lowest BCUT2D eigenvalue weighted by Gasteiger charge is -2.43. The largest absolute Gasteiger partial charge is 0.456 e. The highest BCUT2D eigenvalue weighted by Crippen LogP contribution is 2.56. The van der Waals surface area contributed by atoms with Crippen molar-refractivity contribution in [3.63, 3.8) is 0 Å². The number of nitro groups is 1. The molecule has 55 heavy (non-hydrogen) atoms. The third-order valence-corrected chi connectivity index (χ3v) is 15.3. The first-order valence-electron chi connectivity index (χ1n) is 17.8. The number of fused-ring (bicyclic) bond motifs is 12. The molecule has 5 aromatic carbocycles. The molecule has 0 bridgehead atoms. The molecule has 0 amide bonds. The van der Waals surface area contributed by atoms with Crippen LogP contribution < -0.4 is 24.8 Å². The van der Waals surface area contributed by atoms with Gasteiger partial charge in [-0.3, -0.25) is 14.7 Å². The average molecular weight is 785 g/mol. The number of thiophene rings is 2. The van der Waals surface area contributed by atoms with Crippen LogP contribution in [-0.2, 0) is 21.2 Å². The molecule has 0 spiro atoms. The lowest BCUT2D eigenvalue weighted by atomic mass is 9.81. The smallest absolute Gasteiger partial charge is 0.295 e. The van der Waals surface area contributed by atoms with Crippen molar-refractivity contribution in [1.29, 1.82) is 0 Å². The Bertz CT molecular complexity index is 3180. The standard InChI is InChI=1S/C43H33N3O6S3/c1-42(2)38-23-11-7-9-13-34(23)53-40(38)25-18-27-32(20-30(25)44(42)5)52-33-21-31-26(41-39(43(3,4)45(31)6)24-12-8-10-14-35(24)54-41)19-28(33)37(27)29-17-22(46(47)48)15-16-36(29)55(49,50)51/h7-21H,1-6H3/p+1. The molecule has 0 fully saturated rings. The van der Waals surface area contributed by atoms with Crippen LogP contribution in [0.3, 0.4) is 0 Å². The molecule has 3 aliphatic rings.